The average Bonchev–Trinajstić information content (AvgIpc) is 2.64. The first-order chi connectivity index (χ1) is 7.70. The minimum absolute atomic E-state index is 0.516. The lowest BCUT2D eigenvalue weighted by molar-refractivity contribution is 0.122. The predicted molar refractivity (Wildman–Crippen MR) is 66.6 cm³/mol. The lowest BCUT2D eigenvalue weighted by atomic mass is 9.92. The zero-order chi connectivity index (χ0) is 11.5. The molecule has 94 valence electrons. The van der Waals surface area contributed by atoms with Gasteiger partial charge in [0.05, 0.1) is 6.61 Å². The molecule has 0 amide bonds. The third-order valence-electron chi connectivity index (χ3n) is 4.21. The smallest absolute Gasteiger partial charge is 0.0618 e. The van der Waals surface area contributed by atoms with E-state index in [1.54, 1.807) is 7.11 Å². The summed E-state index contributed by atoms with van der Waals surface area (Å²) in [5.41, 5.74) is 0. The molecule has 2 aliphatic rings. The zero-order valence-electron chi connectivity index (χ0n) is 10.9. The van der Waals surface area contributed by atoms with Crippen molar-refractivity contribution in [3.63, 3.8) is 0 Å². The molecule has 2 saturated heterocycles. The Hall–Kier alpha value is -0.120. The molecular formula is C13H26N2O. The maximum Gasteiger partial charge on any atom is 0.0618 e. The van der Waals surface area contributed by atoms with E-state index >= 15 is 0 Å². The third kappa shape index (κ3) is 2.76. The van der Waals surface area contributed by atoms with Crippen molar-refractivity contribution in [1.29, 1.82) is 0 Å². The molecule has 2 aliphatic heterocycles. The van der Waals surface area contributed by atoms with E-state index in [9.17, 15) is 0 Å². The highest BCUT2D eigenvalue weighted by Gasteiger charge is 2.35. The van der Waals surface area contributed by atoms with E-state index in [1.807, 2.05) is 0 Å². The molecule has 2 heterocycles. The van der Waals surface area contributed by atoms with E-state index in [0.29, 0.717) is 12.0 Å². The van der Waals surface area contributed by atoms with Crippen molar-refractivity contribution in [2.24, 2.45) is 11.8 Å². The van der Waals surface area contributed by atoms with E-state index in [-0.39, 0.29) is 0 Å². The highest BCUT2D eigenvalue weighted by Crippen LogP contribution is 2.27. The van der Waals surface area contributed by atoms with Crippen LogP contribution in [0.1, 0.15) is 26.7 Å². The lowest BCUT2D eigenvalue weighted by Crippen LogP contribution is -2.50. The Bertz CT molecular complexity index is 220. The fourth-order valence-corrected chi connectivity index (χ4v) is 3.06. The van der Waals surface area contributed by atoms with Crippen molar-refractivity contribution < 1.29 is 4.74 Å². The van der Waals surface area contributed by atoms with Gasteiger partial charge in [-0.05, 0) is 37.8 Å². The van der Waals surface area contributed by atoms with Gasteiger partial charge in [0, 0.05) is 25.7 Å². The standard InChI is InChI=1S/C13H26N2O/c1-10(2)13(9-16-3)14-12-5-7-15-6-4-11(12)8-15/h10-14H,4-9H2,1-3H3. The van der Waals surface area contributed by atoms with Crippen molar-refractivity contribution in [2.75, 3.05) is 33.4 Å². The fraction of sp³-hybridized carbons (Fsp3) is 1.00. The molecule has 0 saturated carbocycles. The Balaban J connectivity index is 1.86. The number of fused-ring (bicyclic) bond motifs is 2. The van der Waals surface area contributed by atoms with Crippen LogP contribution in [0, 0.1) is 11.8 Å². The number of ether oxygens (including phenoxy) is 1. The van der Waals surface area contributed by atoms with Crippen LogP contribution in [-0.4, -0.2) is 50.3 Å². The molecule has 4 atom stereocenters. The van der Waals surface area contributed by atoms with Crippen LogP contribution < -0.4 is 5.32 Å². The Morgan fingerprint density at radius 1 is 1.31 bits per heavy atom. The fourth-order valence-electron chi connectivity index (χ4n) is 3.06. The van der Waals surface area contributed by atoms with E-state index in [0.717, 1.165) is 18.6 Å². The minimum Gasteiger partial charge on any atom is -0.383 e. The molecule has 3 heteroatoms. The number of nitrogens with one attached hydrogen (secondary N) is 1. The van der Waals surface area contributed by atoms with Crippen molar-refractivity contribution in [3.05, 3.63) is 0 Å². The minimum atomic E-state index is 0.516. The molecule has 16 heavy (non-hydrogen) atoms. The second-order valence-electron chi connectivity index (χ2n) is 5.72. The first kappa shape index (κ1) is 12.3. The van der Waals surface area contributed by atoms with Crippen LogP contribution in [0.4, 0.5) is 0 Å². The normalized spacial score (nSPS) is 35.6. The highest BCUT2D eigenvalue weighted by molar-refractivity contribution is 4.92. The first-order valence-electron chi connectivity index (χ1n) is 6.68. The highest BCUT2D eigenvalue weighted by atomic mass is 16.5. The Morgan fingerprint density at radius 2 is 2.06 bits per heavy atom. The summed E-state index contributed by atoms with van der Waals surface area (Å²) in [5.74, 6) is 1.53. The van der Waals surface area contributed by atoms with Crippen LogP contribution in [0.25, 0.3) is 0 Å². The summed E-state index contributed by atoms with van der Waals surface area (Å²) >= 11 is 0. The van der Waals surface area contributed by atoms with Crippen LogP contribution in [-0.2, 0) is 4.74 Å². The zero-order valence-corrected chi connectivity index (χ0v) is 10.9. The largest absolute Gasteiger partial charge is 0.383 e. The molecule has 0 aromatic heterocycles. The van der Waals surface area contributed by atoms with Crippen molar-refractivity contribution in [3.8, 4) is 0 Å². The topological polar surface area (TPSA) is 24.5 Å². The van der Waals surface area contributed by atoms with E-state index < -0.39 is 0 Å². The first-order valence-corrected chi connectivity index (χ1v) is 6.68. The summed E-state index contributed by atoms with van der Waals surface area (Å²) in [6.45, 7) is 9.31. The summed E-state index contributed by atoms with van der Waals surface area (Å²) < 4.78 is 5.31. The summed E-state index contributed by atoms with van der Waals surface area (Å²) in [5, 5.41) is 3.83. The van der Waals surface area contributed by atoms with Gasteiger partial charge in [0.1, 0.15) is 0 Å². The van der Waals surface area contributed by atoms with E-state index in [2.05, 4.69) is 24.1 Å². The maximum absolute atomic E-state index is 5.31. The second-order valence-corrected chi connectivity index (χ2v) is 5.72. The Kier molecular flexibility index (Phi) is 4.22. The maximum atomic E-state index is 5.31. The van der Waals surface area contributed by atoms with Gasteiger partial charge in [-0.2, -0.15) is 0 Å². The van der Waals surface area contributed by atoms with Gasteiger partial charge in [0.2, 0.25) is 0 Å². The van der Waals surface area contributed by atoms with Gasteiger partial charge in [0.25, 0.3) is 0 Å². The molecule has 2 fully saturated rings. The van der Waals surface area contributed by atoms with Gasteiger partial charge >= 0.3 is 0 Å². The number of hydrogen-bond acceptors (Lipinski definition) is 3. The van der Waals surface area contributed by atoms with Crippen LogP contribution in [0.3, 0.4) is 0 Å². The predicted octanol–water partition coefficient (Wildman–Crippen LogP) is 1.34. The van der Waals surface area contributed by atoms with Crippen LogP contribution >= 0.6 is 0 Å². The average molecular weight is 226 g/mol. The second kappa shape index (κ2) is 5.48. The van der Waals surface area contributed by atoms with Crippen molar-refractivity contribution in [2.45, 2.75) is 38.8 Å². The Morgan fingerprint density at radius 3 is 2.75 bits per heavy atom. The summed E-state index contributed by atoms with van der Waals surface area (Å²) in [4.78, 5) is 2.60. The number of piperidine rings is 1. The van der Waals surface area contributed by atoms with Gasteiger partial charge in [-0.3, -0.25) is 0 Å². The molecule has 0 spiro atoms. The summed E-state index contributed by atoms with van der Waals surface area (Å²) in [6.07, 6.45) is 2.70. The SMILES string of the molecule is COCC(NC1CCN2CCC1C2)C(C)C. The molecule has 0 aromatic carbocycles. The molecular weight excluding hydrogens is 200 g/mol. The monoisotopic (exact) mass is 226 g/mol. The van der Waals surface area contributed by atoms with Gasteiger partial charge in [0.15, 0.2) is 0 Å². The number of nitrogens with zero attached hydrogens (tertiary/aromatic N) is 1. The molecule has 0 aliphatic carbocycles. The van der Waals surface area contributed by atoms with Gasteiger partial charge < -0.3 is 15.0 Å². The molecule has 1 N–H and O–H groups in total. The van der Waals surface area contributed by atoms with Gasteiger partial charge in [-0.25, -0.2) is 0 Å². The number of hydrogen-bond donors (Lipinski definition) is 1. The summed E-state index contributed by atoms with van der Waals surface area (Å²) in [7, 11) is 1.80. The third-order valence-corrected chi connectivity index (χ3v) is 4.21. The number of methoxy groups -OCH3 is 1. The lowest BCUT2D eigenvalue weighted by Gasteiger charge is -2.35. The molecule has 2 bridgehead atoms. The van der Waals surface area contributed by atoms with Crippen LogP contribution in [0.2, 0.25) is 0 Å². The van der Waals surface area contributed by atoms with Gasteiger partial charge in [-0.1, -0.05) is 13.8 Å². The molecule has 3 nitrogen and oxygen atoms in total. The molecule has 2 rings (SSSR count). The van der Waals surface area contributed by atoms with E-state index in [1.165, 1.54) is 32.5 Å². The van der Waals surface area contributed by atoms with Crippen molar-refractivity contribution >= 4 is 0 Å². The number of rotatable bonds is 5. The quantitative estimate of drug-likeness (QED) is 0.765. The molecule has 0 aromatic rings. The Labute approximate surface area is 99.5 Å². The summed E-state index contributed by atoms with van der Waals surface area (Å²) in [6, 6.07) is 1.24. The van der Waals surface area contributed by atoms with Crippen LogP contribution in [0.5, 0.6) is 0 Å². The molecule has 4 unspecified atom stereocenters. The van der Waals surface area contributed by atoms with Gasteiger partial charge in [-0.15, -0.1) is 0 Å². The van der Waals surface area contributed by atoms with Crippen LogP contribution in [0.15, 0.2) is 0 Å². The molecule has 0 radical (unpaired) electrons. The van der Waals surface area contributed by atoms with E-state index in [4.69, 9.17) is 4.74 Å². The van der Waals surface area contributed by atoms with Crippen molar-refractivity contribution in [1.82, 2.24) is 10.2 Å².